The molecule has 1 aromatic heterocycles. The molecule has 0 aliphatic heterocycles. The summed E-state index contributed by atoms with van der Waals surface area (Å²) < 4.78 is 10.5. The number of aromatic nitrogens is 1. The minimum atomic E-state index is -0.949. The topological polar surface area (TPSA) is 86.5 Å². The third-order valence-corrected chi connectivity index (χ3v) is 3.75. The minimum absolute atomic E-state index is 0. The number of nitrogens with one attached hydrogen (secondary N) is 1. The molecule has 23 heavy (non-hydrogen) atoms. The number of ether oxygens (including phenoxy) is 2. The zero-order valence-corrected chi connectivity index (χ0v) is 15.0. The molecule has 2 rings (SSSR count). The van der Waals surface area contributed by atoms with Gasteiger partial charge in [0, 0.05) is 10.9 Å². The van der Waals surface area contributed by atoms with Crippen LogP contribution in [0.3, 0.4) is 0 Å². The van der Waals surface area contributed by atoms with Crippen molar-refractivity contribution in [3.8, 4) is 22.8 Å². The smallest absolute Gasteiger partial charge is 0.245 e. The zero-order chi connectivity index (χ0) is 16.3. The van der Waals surface area contributed by atoms with Crippen LogP contribution in [0.15, 0.2) is 23.6 Å². The van der Waals surface area contributed by atoms with Crippen LogP contribution in [0.4, 0.5) is 5.13 Å². The van der Waals surface area contributed by atoms with E-state index in [0.717, 1.165) is 11.3 Å². The molecule has 0 aliphatic carbocycles. The van der Waals surface area contributed by atoms with Crippen LogP contribution < -0.4 is 20.5 Å². The lowest BCUT2D eigenvalue weighted by Crippen LogP contribution is -2.45. The van der Waals surface area contributed by atoms with Crippen LogP contribution in [0.25, 0.3) is 11.3 Å². The van der Waals surface area contributed by atoms with Gasteiger partial charge in [0.05, 0.1) is 25.5 Å². The molecule has 0 bridgehead atoms. The first-order valence-electron chi connectivity index (χ1n) is 6.63. The van der Waals surface area contributed by atoms with Gasteiger partial charge in [-0.05, 0) is 32.0 Å². The molecule has 0 saturated heterocycles. The number of halogens is 1. The highest BCUT2D eigenvalue weighted by molar-refractivity contribution is 7.14. The van der Waals surface area contributed by atoms with E-state index in [-0.39, 0.29) is 18.3 Å². The monoisotopic (exact) mass is 357 g/mol. The molecule has 0 spiro atoms. The van der Waals surface area contributed by atoms with Gasteiger partial charge in [0.1, 0.15) is 0 Å². The molecule has 8 heteroatoms. The van der Waals surface area contributed by atoms with E-state index < -0.39 is 5.54 Å². The van der Waals surface area contributed by atoms with Crippen molar-refractivity contribution in [1.29, 1.82) is 0 Å². The number of amides is 1. The molecule has 3 N–H and O–H groups in total. The number of methoxy groups -OCH3 is 2. The van der Waals surface area contributed by atoms with Gasteiger partial charge in [-0.1, -0.05) is 0 Å². The van der Waals surface area contributed by atoms with E-state index in [2.05, 4.69) is 10.3 Å². The Morgan fingerprint density at radius 3 is 2.48 bits per heavy atom. The highest BCUT2D eigenvalue weighted by Crippen LogP contribution is 2.33. The molecular weight excluding hydrogens is 338 g/mol. The lowest BCUT2D eigenvalue weighted by Gasteiger charge is -2.16. The Labute approximate surface area is 145 Å². The summed E-state index contributed by atoms with van der Waals surface area (Å²) in [5.41, 5.74) is 6.42. The van der Waals surface area contributed by atoms with Gasteiger partial charge in [0.2, 0.25) is 5.91 Å². The third-order valence-electron chi connectivity index (χ3n) is 2.99. The maximum atomic E-state index is 11.9. The Hall–Kier alpha value is -1.83. The molecule has 0 fully saturated rings. The average Bonchev–Trinajstić information content (AvgIpc) is 2.94. The van der Waals surface area contributed by atoms with E-state index >= 15 is 0 Å². The number of anilines is 1. The SMILES string of the molecule is COc1ccc(-c2csc(NC(=O)C(C)(C)N)n2)cc1OC.Cl. The zero-order valence-electron chi connectivity index (χ0n) is 13.4. The van der Waals surface area contributed by atoms with E-state index in [4.69, 9.17) is 15.2 Å². The van der Waals surface area contributed by atoms with E-state index in [1.165, 1.54) is 11.3 Å². The summed E-state index contributed by atoms with van der Waals surface area (Å²) in [6.45, 7) is 3.29. The highest BCUT2D eigenvalue weighted by Gasteiger charge is 2.22. The maximum absolute atomic E-state index is 11.9. The van der Waals surface area contributed by atoms with Crippen molar-refractivity contribution in [3.63, 3.8) is 0 Å². The van der Waals surface area contributed by atoms with Crippen LogP contribution in [-0.2, 0) is 4.79 Å². The molecule has 0 radical (unpaired) electrons. The summed E-state index contributed by atoms with van der Waals surface area (Å²) in [5, 5.41) is 5.08. The Bertz CT molecular complexity index is 683. The van der Waals surface area contributed by atoms with Gasteiger partial charge in [-0.3, -0.25) is 4.79 Å². The Balaban J connectivity index is 0.00000264. The Kier molecular flexibility index (Phi) is 6.37. The average molecular weight is 358 g/mol. The molecule has 126 valence electrons. The number of thiazole rings is 1. The minimum Gasteiger partial charge on any atom is -0.493 e. The number of carbonyl (C=O) groups is 1. The molecule has 0 atom stereocenters. The molecule has 0 unspecified atom stereocenters. The van der Waals surface area contributed by atoms with E-state index in [1.54, 1.807) is 28.1 Å². The largest absolute Gasteiger partial charge is 0.493 e. The fourth-order valence-electron chi connectivity index (χ4n) is 1.72. The van der Waals surface area contributed by atoms with Crippen molar-refractivity contribution in [3.05, 3.63) is 23.6 Å². The predicted molar refractivity (Wildman–Crippen MR) is 94.8 cm³/mol. The van der Waals surface area contributed by atoms with Gasteiger partial charge in [-0.25, -0.2) is 4.98 Å². The molecule has 2 aromatic rings. The second kappa shape index (κ2) is 7.63. The lowest BCUT2D eigenvalue weighted by atomic mass is 10.1. The van der Waals surface area contributed by atoms with Gasteiger partial charge in [0.15, 0.2) is 16.6 Å². The van der Waals surface area contributed by atoms with Gasteiger partial charge in [0.25, 0.3) is 0 Å². The lowest BCUT2D eigenvalue weighted by molar-refractivity contribution is -0.120. The molecule has 1 heterocycles. The number of nitrogens with zero attached hydrogens (tertiary/aromatic N) is 1. The van der Waals surface area contributed by atoms with Crippen LogP contribution in [0.1, 0.15) is 13.8 Å². The van der Waals surface area contributed by atoms with Crippen molar-refractivity contribution >= 4 is 34.8 Å². The first-order valence-corrected chi connectivity index (χ1v) is 7.51. The van der Waals surface area contributed by atoms with E-state index in [9.17, 15) is 4.79 Å². The highest BCUT2D eigenvalue weighted by atomic mass is 35.5. The van der Waals surface area contributed by atoms with Crippen molar-refractivity contribution in [2.75, 3.05) is 19.5 Å². The van der Waals surface area contributed by atoms with Crippen LogP contribution >= 0.6 is 23.7 Å². The summed E-state index contributed by atoms with van der Waals surface area (Å²) in [6, 6.07) is 5.54. The number of nitrogens with two attached hydrogens (primary N) is 1. The van der Waals surface area contributed by atoms with Crippen molar-refractivity contribution in [1.82, 2.24) is 4.98 Å². The number of hydrogen-bond acceptors (Lipinski definition) is 6. The summed E-state index contributed by atoms with van der Waals surface area (Å²) in [4.78, 5) is 16.3. The number of hydrogen-bond donors (Lipinski definition) is 2. The number of benzene rings is 1. The first kappa shape index (κ1) is 19.2. The molecule has 0 aliphatic rings. The normalized spacial score (nSPS) is 10.7. The van der Waals surface area contributed by atoms with Gasteiger partial charge in [-0.15, -0.1) is 23.7 Å². The van der Waals surface area contributed by atoms with Crippen LogP contribution in [0, 0.1) is 0 Å². The fraction of sp³-hybridized carbons (Fsp3) is 0.333. The summed E-state index contributed by atoms with van der Waals surface area (Å²) in [5.74, 6) is 1.00. The molecule has 1 aromatic carbocycles. The van der Waals surface area contributed by atoms with E-state index in [0.29, 0.717) is 16.6 Å². The second-order valence-corrected chi connectivity index (χ2v) is 6.14. The second-order valence-electron chi connectivity index (χ2n) is 5.28. The van der Waals surface area contributed by atoms with Crippen molar-refractivity contribution < 1.29 is 14.3 Å². The van der Waals surface area contributed by atoms with Crippen LogP contribution in [0.2, 0.25) is 0 Å². The van der Waals surface area contributed by atoms with Crippen LogP contribution in [0.5, 0.6) is 11.5 Å². The summed E-state index contributed by atoms with van der Waals surface area (Å²) >= 11 is 1.34. The molecule has 6 nitrogen and oxygen atoms in total. The van der Waals surface area contributed by atoms with Crippen LogP contribution in [-0.4, -0.2) is 30.6 Å². The van der Waals surface area contributed by atoms with Crippen molar-refractivity contribution in [2.45, 2.75) is 19.4 Å². The molecular formula is C15H20ClN3O3S. The van der Waals surface area contributed by atoms with Crippen molar-refractivity contribution in [2.24, 2.45) is 5.73 Å². The fourth-order valence-corrected chi connectivity index (χ4v) is 2.43. The first-order chi connectivity index (χ1) is 10.3. The number of rotatable bonds is 5. The van der Waals surface area contributed by atoms with E-state index in [1.807, 2.05) is 23.6 Å². The maximum Gasteiger partial charge on any atom is 0.245 e. The molecule has 0 saturated carbocycles. The Morgan fingerprint density at radius 2 is 1.91 bits per heavy atom. The quantitative estimate of drug-likeness (QED) is 0.859. The summed E-state index contributed by atoms with van der Waals surface area (Å²) in [6.07, 6.45) is 0. The summed E-state index contributed by atoms with van der Waals surface area (Å²) in [7, 11) is 3.17. The third kappa shape index (κ3) is 4.57. The standard InChI is InChI=1S/C15H19N3O3S.ClH/c1-15(2,16)13(19)18-14-17-10(8-22-14)9-5-6-11(20-3)12(7-9)21-4;/h5-8H,16H2,1-4H3,(H,17,18,19);1H. The Morgan fingerprint density at radius 1 is 1.26 bits per heavy atom. The predicted octanol–water partition coefficient (Wildman–Crippen LogP) is 2.92. The van der Waals surface area contributed by atoms with Gasteiger partial charge >= 0.3 is 0 Å². The number of carbonyl (C=O) groups excluding carboxylic acids is 1. The molecule has 1 amide bonds. The van der Waals surface area contributed by atoms with Gasteiger partial charge in [-0.2, -0.15) is 0 Å². The van der Waals surface area contributed by atoms with Gasteiger partial charge < -0.3 is 20.5 Å².